The third-order valence-electron chi connectivity index (χ3n) is 0.550. The Morgan fingerprint density at radius 3 is 2.56 bits per heavy atom. The largest absolute Gasteiger partial charge is 0.394 e. The Morgan fingerprint density at radius 2 is 2.11 bits per heavy atom. The first-order chi connectivity index (χ1) is 4.31. The summed E-state index contributed by atoms with van der Waals surface area (Å²) in [6.45, 7) is -0.703. The molecule has 1 unspecified atom stereocenters. The Balaban J connectivity index is 2.88. The van der Waals surface area contributed by atoms with Crippen LogP contribution >= 0.6 is 0 Å². The van der Waals surface area contributed by atoms with Crippen LogP contribution < -0.4 is 0 Å². The van der Waals surface area contributed by atoms with Crippen LogP contribution in [0.3, 0.4) is 0 Å². The molecule has 0 saturated carbocycles. The zero-order valence-electron chi connectivity index (χ0n) is 4.56. The highest BCUT2D eigenvalue weighted by molar-refractivity contribution is 4.45. The van der Waals surface area contributed by atoms with E-state index in [1.54, 1.807) is 0 Å². The molecule has 0 heterocycles. The summed E-state index contributed by atoms with van der Waals surface area (Å²) in [5.41, 5.74) is 0. The normalized spacial score (nSPS) is 13.7. The molecule has 0 amide bonds. The summed E-state index contributed by atoms with van der Waals surface area (Å²) < 4.78 is 0. The maximum atomic E-state index is 8.49. The highest BCUT2D eigenvalue weighted by Crippen LogP contribution is 1.83. The van der Waals surface area contributed by atoms with Crippen molar-refractivity contribution in [3.05, 3.63) is 0 Å². The van der Waals surface area contributed by atoms with Gasteiger partial charge >= 0.3 is 0 Å². The van der Waals surface area contributed by atoms with E-state index in [-0.39, 0.29) is 6.61 Å². The number of hydrogen-bond acceptors (Lipinski definition) is 6. The lowest BCUT2D eigenvalue weighted by Gasteiger charge is -2.02. The second-order valence-corrected chi connectivity index (χ2v) is 1.26. The molecule has 0 aromatic rings. The maximum Gasteiger partial charge on any atom is 0.114 e. The molecule has 0 rings (SSSR count). The zero-order chi connectivity index (χ0) is 7.11. The van der Waals surface area contributed by atoms with E-state index in [2.05, 4.69) is 15.0 Å². The van der Waals surface area contributed by atoms with Crippen LogP contribution in [0.2, 0.25) is 0 Å². The van der Waals surface area contributed by atoms with Crippen LogP contribution in [0.15, 0.2) is 0 Å². The van der Waals surface area contributed by atoms with Crippen molar-refractivity contribution in [1.29, 1.82) is 0 Å². The van der Waals surface area contributed by atoms with E-state index >= 15 is 0 Å². The summed E-state index contributed by atoms with van der Waals surface area (Å²) in [6, 6.07) is 0. The predicted molar refractivity (Wildman–Crippen MR) is 23.8 cm³/mol. The number of hydrogen-bond donors (Lipinski definition) is 3. The standard InChI is InChI=1S/C3H8O6/c4-1-3(5)2-7-9-8-6/h3-6H,1-2H2. The average Bonchev–Trinajstić information content (AvgIpc) is 1.89. The molecular formula is C3H8O6. The van der Waals surface area contributed by atoms with Gasteiger partial charge in [-0.1, -0.05) is 0 Å². The Bertz CT molecular complexity index is 56.3. The van der Waals surface area contributed by atoms with Crippen LogP contribution in [-0.2, 0) is 15.0 Å². The van der Waals surface area contributed by atoms with Gasteiger partial charge in [0.1, 0.15) is 12.7 Å². The lowest BCUT2D eigenvalue weighted by atomic mass is 10.4. The summed E-state index contributed by atoms with van der Waals surface area (Å²) >= 11 is 0. The van der Waals surface area contributed by atoms with Crippen molar-refractivity contribution in [3.63, 3.8) is 0 Å². The van der Waals surface area contributed by atoms with Crippen molar-refractivity contribution in [2.24, 2.45) is 0 Å². The average molecular weight is 140 g/mol. The summed E-state index contributed by atoms with van der Waals surface area (Å²) in [4.78, 5) is 3.95. The Hall–Kier alpha value is -0.240. The molecule has 0 bridgehead atoms. The Labute approximate surface area is 51.0 Å². The molecule has 56 valence electrons. The first kappa shape index (κ1) is 8.76. The van der Waals surface area contributed by atoms with Gasteiger partial charge < -0.3 is 10.2 Å². The number of aliphatic hydroxyl groups excluding tert-OH is 2. The minimum absolute atomic E-state index is 0.267. The summed E-state index contributed by atoms with van der Waals surface area (Å²) in [6.07, 6.45) is -1.03. The van der Waals surface area contributed by atoms with Crippen LogP contribution in [0, 0.1) is 0 Å². The molecule has 1 atom stereocenters. The van der Waals surface area contributed by atoms with E-state index in [0.717, 1.165) is 0 Å². The molecule has 0 radical (unpaired) electrons. The second kappa shape index (κ2) is 5.89. The Morgan fingerprint density at radius 1 is 1.44 bits per heavy atom. The van der Waals surface area contributed by atoms with Gasteiger partial charge in [-0.3, -0.25) is 0 Å². The van der Waals surface area contributed by atoms with Crippen molar-refractivity contribution in [3.8, 4) is 0 Å². The molecule has 0 aliphatic carbocycles. The fraction of sp³-hybridized carbons (Fsp3) is 1.00. The van der Waals surface area contributed by atoms with E-state index in [4.69, 9.17) is 15.5 Å². The minimum atomic E-state index is -1.03. The summed E-state index contributed by atoms with van der Waals surface area (Å²) in [5, 5.41) is 30.6. The van der Waals surface area contributed by atoms with Crippen molar-refractivity contribution >= 4 is 0 Å². The van der Waals surface area contributed by atoms with E-state index in [1.807, 2.05) is 0 Å². The van der Waals surface area contributed by atoms with Crippen LogP contribution in [-0.4, -0.2) is 34.8 Å². The molecule has 0 spiro atoms. The van der Waals surface area contributed by atoms with Gasteiger partial charge in [0.15, 0.2) is 0 Å². The molecule has 6 nitrogen and oxygen atoms in total. The highest BCUT2D eigenvalue weighted by Gasteiger charge is 2.01. The number of aliphatic hydroxyl groups is 2. The van der Waals surface area contributed by atoms with Gasteiger partial charge in [-0.05, 0) is 10.1 Å². The van der Waals surface area contributed by atoms with E-state index < -0.39 is 12.7 Å². The molecule has 0 aliphatic heterocycles. The van der Waals surface area contributed by atoms with Crippen molar-refractivity contribution in [2.75, 3.05) is 13.2 Å². The van der Waals surface area contributed by atoms with Gasteiger partial charge in [0.25, 0.3) is 0 Å². The molecule has 9 heavy (non-hydrogen) atoms. The summed E-state index contributed by atoms with van der Waals surface area (Å²) in [7, 11) is 0. The lowest BCUT2D eigenvalue weighted by Crippen LogP contribution is -2.19. The van der Waals surface area contributed by atoms with Gasteiger partial charge in [0, 0.05) is 0 Å². The topological polar surface area (TPSA) is 88.4 Å². The molecule has 0 saturated heterocycles. The first-order valence-electron chi connectivity index (χ1n) is 2.20. The van der Waals surface area contributed by atoms with Gasteiger partial charge in [-0.15, -0.1) is 0 Å². The molecule has 0 fully saturated rings. The quantitative estimate of drug-likeness (QED) is 0.249. The lowest BCUT2D eigenvalue weighted by molar-refractivity contribution is -0.624. The van der Waals surface area contributed by atoms with Crippen LogP contribution in [0.4, 0.5) is 0 Å². The monoisotopic (exact) mass is 140 g/mol. The highest BCUT2D eigenvalue weighted by atomic mass is 17.6. The van der Waals surface area contributed by atoms with Crippen LogP contribution in [0.5, 0.6) is 0 Å². The third-order valence-corrected chi connectivity index (χ3v) is 0.550. The van der Waals surface area contributed by atoms with E-state index in [9.17, 15) is 0 Å². The van der Waals surface area contributed by atoms with Gasteiger partial charge in [-0.25, -0.2) is 10.1 Å². The Kier molecular flexibility index (Phi) is 5.73. The molecular weight excluding hydrogens is 132 g/mol. The fourth-order valence-electron chi connectivity index (χ4n) is 0.181. The maximum absolute atomic E-state index is 8.49. The van der Waals surface area contributed by atoms with Crippen molar-refractivity contribution in [2.45, 2.75) is 6.10 Å². The van der Waals surface area contributed by atoms with E-state index in [1.165, 1.54) is 0 Å². The first-order valence-corrected chi connectivity index (χ1v) is 2.20. The second-order valence-electron chi connectivity index (χ2n) is 1.26. The zero-order valence-corrected chi connectivity index (χ0v) is 4.56. The van der Waals surface area contributed by atoms with Crippen LogP contribution in [0.25, 0.3) is 0 Å². The molecule has 0 aromatic heterocycles. The molecule has 0 aliphatic rings. The molecule has 6 heteroatoms. The number of rotatable bonds is 5. The van der Waals surface area contributed by atoms with Crippen molar-refractivity contribution in [1.82, 2.24) is 0 Å². The third kappa shape index (κ3) is 5.63. The van der Waals surface area contributed by atoms with Gasteiger partial charge in [0.05, 0.1) is 6.61 Å². The van der Waals surface area contributed by atoms with Crippen LogP contribution in [0.1, 0.15) is 0 Å². The van der Waals surface area contributed by atoms with Gasteiger partial charge in [-0.2, -0.15) is 0 Å². The predicted octanol–water partition coefficient (Wildman–Crippen LogP) is -1.31. The smallest absolute Gasteiger partial charge is 0.114 e. The van der Waals surface area contributed by atoms with Crippen molar-refractivity contribution < 1.29 is 30.4 Å². The summed E-state index contributed by atoms with van der Waals surface area (Å²) in [5.74, 6) is 0. The SMILES string of the molecule is OCC(O)COOOO. The fourth-order valence-corrected chi connectivity index (χ4v) is 0.181. The molecule has 3 N–H and O–H groups in total. The minimum Gasteiger partial charge on any atom is -0.394 e. The van der Waals surface area contributed by atoms with Gasteiger partial charge in [0.2, 0.25) is 0 Å². The van der Waals surface area contributed by atoms with E-state index in [0.29, 0.717) is 0 Å². The molecule has 0 aromatic carbocycles.